The third kappa shape index (κ3) is 13.1. The minimum absolute atomic E-state index is 1.04. The molecule has 1 aliphatic rings. The highest BCUT2D eigenvalue weighted by Crippen LogP contribution is 2.24. The van der Waals surface area contributed by atoms with Gasteiger partial charge in [0, 0.05) is 6.54 Å². The number of benzene rings is 1. The van der Waals surface area contributed by atoms with Crippen molar-refractivity contribution in [2.75, 3.05) is 19.6 Å². The summed E-state index contributed by atoms with van der Waals surface area (Å²) in [6, 6.07) is 8.84. The Kier molecular flexibility index (Phi) is 19.7. The molecule has 1 fully saturated rings. The Hall–Kier alpha value is -1.86. The molecule has 0 saturated carbocycles. The predicted molar refractivity (Wildman–Crippen MR) is 137 cm³/mol. The zero-order valence-electron chi connectivity index (χ0n) is 20.8. The van der Waals surface area contributed by atoms with Crippen molar-refractivity contribution in [3.05, 3.63) is 77.4 Å². The molecule has 0 atom stereocenters. The van der Waals surface area contributed by atoms with Crippen LogP contribution in [0.25, 0.3) is 5.57 Å². The number of nitrogens with zero attached hydrogens (tertiary/aromatic N) is 1. The average molecular weight is 398 g/mol. The van der Waals surface area contributed by atoms with Gasteiger partial charge in [0.15, 0.2) is 0 Å². The van der Waals surface area contributed by atoms with E-state index in [9.17, 15) is 0 Å². The van der Waals surface area contributed by atoms with E-state index < -0.39 is 0 Å². The van der Waals surface area contributed by atoms with E-state index in [1.165, 1.54) is 48.2 Å². The molecule has 1 aliphatic heterocycles. The third-order valence-corrected chi connectivity index (χ3v) is 4.27. The van der Waals surface area contributed by atoms with E-state index >= 15 is 0 Å². The Bertz CT molecular complexity index is 608. The first-order valence-corrected chi connectivity index (χ1v) is 11.6. The van der Waals surface area contributed by atoms with Crippen LogP contribution in [0, 0.1) is 6.92 Å². The topological polar surface area (TPSA) is 3.24 Å². The molecule has 1 nitrogen and oxygen atoms in total. The lowest BCUT2D eigenvalue weighted by atomic mass is 9.97. The van der Waals surface area contributed by atoms with Gasteiger partial charge < -0.3 is 0 Å². The van der Waals surface area contributed by atoms with Crippen molar-refractivity contribution in [2.24, 2.45) is 0 Å². The summed E-state index contributed by atoms with van der Waals surface area (Å²) in [7, 11) is 0. The van der Waals surface area contributed by atoms with Crippen LogP contribution in [0.3, 0.4) is 0 Å². The molecular weight excluding hydrogens is 350 g/mol. The summed E-state index contributed by atoms with van der Waals surface area (Å²) < 4.78 is 0. The molecule has 0 radical (unpaired) electrons. The average Bonchev–Trinajstić information content (AvgIpc) is 3.27. The van der Waals surface area contributed by atoms with Crippen LogP contribution < -0.4 is 0 Å². The normalized spacial score (nSPS) is 14.2. The molecule has 0 aromatic heterocycles. The van der Waals surface area contributed by atoms with Crippen molar-refractivity contribution >= 4 is 5.57 Å². The largest absolute Gasteiger partial charge is 0.300 e. The van der Waals surface area contributed by atoms with Crippen molar-refractivity contribution in [2.45, 2.75) is 75.2 Å². The summed E-state index contributed by atoms with van der Waals surface area (Å²) in [6.07, 6.45) is 11.4. The van der Waals surface area contributed by atoms with Crippen LogP contribution >= 0.6 is 0 Å². The molecule has 2 rings (SSSR count). The van der Waals surface area contributed by atoms with Crippen LogP contribution in [-0.4, -0.2) is 24.5 Å². The molecule has 29 heavy (non-hydrogen) atoms. The lowest BCUT2D eigenvalue weighted by Gasteiger charge is -2.14. The van der Waals surface area contributed by atoms with Crippen molar-refractivity contribution in [3.63, 3.8) is 0 Å². The van der Waals surface area contributed by atoms with Gasteiger partial charge in [0.1, 0.15) is 0 Å². The Morgan fingerprint density at radius 2 is 1.45 bits per heavy atom. The van der Waals surface area contributed by atoms with Gasteiger partial charge in [0.05, 0.1) is 0 Å². The molecule has 0 N–H and O–H groups in total. The monoisotopic (exact) mass is 397 g/mol. The van der Waals surface area contributed by atoms with Gasteiger partial charge in [-0.15, -0.1) is 0 Å². The quantitative estimate of drug-likeness (QED) is 0.434. The van der Waals surface area contributed by atoms with E-state index in [0.717, 1.165) is 12.1 Å². The second-order valence-corrected chi connectivity index (χ2v) is 6.55. The Morgan fingerprint density at radius 1 is 0.931 bits per heavy atom. The minimum Gasteiger partial charge on any atom is -0.300 e. The molecule has 1 aromatic rings. The molecule has 164 valence electrons. The van der Waals surface area contributed by atoms with E-state index in [0.29, 0.717) is 0 Å². The Balaban J connectivity index is 0. The molecule has 1 heteroatoms. The summed E-state index contributed by atoms with van der Waals surface area (Å²) >= 11 is 0. The van der Waals surface area contributed by atoms with Gasteiger partial charge in [-0.2, -0.15) is 0 Å². The molecule has 0 spiro atoms. The van der Waals surface area contributed by atoms with Gasteiger partial charge in [-0.05, 0) is 63.4 Å². The summed E-state index contributed by atoms with van der Waals surface area (Å²) in [4.78, 5) is 2.53. The van der Waals surface area contributed by atoms with Gasteiger partial charge >= 0.3 is 0 Å². The molecular formula is C28H47N. The minimum atomic E-state index is 1.04. The zero-order chi connectivity index (χ0) is 22.7. The smallest absolute Gasteiger partial charge is 0.0172 e. The van der Waals surface area contributed by atoms with Gasteiger partial charge in [-0.3, -0.25) is 4.90 Å². The summed E-state index contributed by atoms with van der Waals surface area (Å²) in [5, 5.41) is 0. The molecule has 1 saturated heterocycles. The summed E-state index contributed by atoms with van der Waals surface area (Å²) in [6.45, 7) is 25.8. The number of likely N-dealkylation sites (tertiary alicyclic amines) is 1. The van der Waals surface area contributed by atoms with Gasteiger partial charge in [0.2, 0.25) is 0 Å². The molecule has 1 aromatic carbocycles. The van der Waals surface area contributed by atoms with Crippen LogP contribution in [0.1, 0.15) is 79.4 Å². The number of aryl methyl sites for hydroxylation is 1. The maximum atomic E-state index is 3.92. The standard InChI is InChI=1S/C22H29N.3C2H6/c1-18(2)8-7-9-20(4)22(14-17-23-15-5-6-16-23)21-12-10-19(3)11-13-21;3*1-2/h7-14H,1,5-6,15-17H2,2-4H3;3*1-2H3/b8-7-,20-9+,22-14-;;;. The SMILES string of the molecule is C=C(C)\C=C/C=C(C)/C(=C/CN1CCCC1)c1ccc(C)cc1.CC.CC.CC. The lowest BCUT2D eigenvalue weighted by molar-refractivity contribution is 0.377. The molecule has 0 unspecified atom stereocenters. The molecule has 1 heterocycles. The number of allylic oxidation sites excluding steroid dienone is 6. The van der Waals surface area contributed by atoms with E-state index in [1.54, 1.807) is 0 Å². The van der Waals surface area contributed by atoms with Crippen LogP contribution in [0.2, 0.25) is 0 Å². The number of rotatable bonds is 6. The second-order valence-electron chi connectivity index (χ2n) is 6.55. The van der Waals surface area contributed by atoms with Crippen molar-refractivity contribution in [3.8, 4) is 0 Å². The highest BCUT2D eigenvalue weighted by atomic mass is 15.1. The van der Waals surface area contributed by atoms with Gasteiger partial charge in [-0.1, -0.05) is 108 Å². The Labute approximate surface area is 182 Å². The van der Waals surface area contributed by atoms with Crippen LogP contribution in [0.5, 0.6) is 0 Å². The first-order valence-electron chi connectivity index (χ1n) is 11.6. The van der Waals surface area contributed by atoms with Crippen molar-refractivity contribution in [1.82, 2.24) is 4.90 Å². The van der Waals surface area contributed by atoms with Gasteiger partial charge in [0.25, 0.3) is 0 Å². The Morgan fingerprint density at radius 3 is 1.93 bits per heavy atom. The fourth-order valence-electron chi connectivity index (χ4n) is 2.87. The highest BCUT2D eigenvalue weighted by Gasteiger charge is 2.11. The van der Waals surface area contributed by atoms with Crippen LogP contribution in [0.4, 0.5) is 0 Å². The summed E-state index contributed by atoms with van der Waals surface area (Å²) in [5.74, 6) is 0. The van der Waals surface area contributed by atoms with E-state index in [2.05, 4.69) is 73.9 Å². The lowest BCUT2D eigenvalue weighted by Crippen LogP contribution is -2.19. The fourth-order valence-corrected chi connectivity index (χ4v) is 2.87. The van der Waals surface area contributed by atoms with Crippen LogP contribution in [-0.2, 0) is 0 Å². The van der Waals surface area contributed by atoms with Crippen LogP contribution in [0.15, 0.2) is 66.3 Å². The van der Waals surface area contributed by atoms with E-state index in [-0.39, 0.29) is 0 Å². The zero-order valence-corrected chi connectivity index (χ0v) is 20.8. The second kappa shape index (κ2) is 19.5. The fraction of sp³-hybridized carbons (Fsp3) is 0.500. The molecule has 0 aliphatic carbocycles. The maximum absolute atomic E-state index is 3.92. The van der Waals surface area contributed by atoms with E-state index in [1.807, 2.05) is 48.5 Å². The summed E-state index contributed by atoms with van der Waals surface area (Å²) in [5.41, 5.74) is 6.31. The van der Waals surface area contributed by atoms with Crippen molar-refractivity contribution in [1.29, 1.82) is 0 Å². The predicted octanol–water partition coefficient (Wildman–Crippen LogP) is 8.63. The molecule has 0 amide bonds. The first-order chi connectivity index (χ1) is 14.1. The van der Waals surface area contributed by atoms with Gasteiger partial charge in [-0.25, -0.2) is 0 Å². The first kappa shape index (κ1) is 29.3. The highest BCUT2D eigenvalue weighted by molar-refractivity contribution is 5.79. The number of hydrogen-bond donors (Lipinski definition) is 0. The maximum Gasteiger partial charge on any atom is 0.0172 e. The molecule has 0 bridgehead atoms. The van der Waals surface area contributed by atoms with Crippen molar-refractivity contribution < 1.29 is 0 Å². The number of hydrogen-bond acceptors (Lipinski definition) is 1. The van der Waals surface area contributed by atoms with E-state index in [4.69, 9.17) is 0 Å². The third-order valence-electron chi connectivity index (χ3n) is 4.27.